The summed E-state index contributed by atoms with van der Waals surface area (Å²) in [6, 6.07) is 9.63. The lowest BCUT2D eigenvalue weighted by molar-refractivity contribution is 1.16. The zero-order valence-corrected chi connectivity index (χ0v) is 9.04. The van der Waals surface area contributed by atoms with Gasteiger partial charge in [0.2, 0.25) is 0 Å². The fraction of sp³-hybridized carbons (Fsp3) is 0. The molecular weight excluding hydrogens is 214 g/mol. The van der Waals surface area contributed by atoms with E-state index < -0.39 is 0 Å². The van der Waals surface area contributed by atoms with E-state index in [0.717, 1.165) is 22.7 Å². The molecule has 0 saturated heterocycles. The highest BCUT2D eigenvalue weighted by Crippen LogP contribution is 2.20. The number of nitrogen functional groups attached to an aromatic ring is 1. The minimum absolute atomic E-state index is 0.826. The lowest BCUT2D eigenvalue weighted by Gasteiger charge is -2.06. The predicted molar refractivity (Wildman–Crippen MR) is 66.2 cm³/mol. The molecule has 3 heterocycles. The van der Waals surface area contributed by atoms with Crippen LogP contribution in [-0.4, -0.2) is 14.4 Å². The molecule has 84 valence electrons. The molecule has 0 aliphatic heterocycles. The number of hydrogen-bond donors (Lipinski definition) is 2. The molecule has 0 amide bonds. The Kier molecular flexibility index (Phi) is 2.23. The van der Waals surface area contributed by atoms with E-state index in [1.165, 1.54) is 0 Å². The smallest absolute Gasteiger partial charge is 0.137 e. The van der Waals surface area contributed by atoms with E-state index in [1.807, 2.05) is 40.9 Å². The van der Waals surface area contributed by atoms with E-state index >= 15 is 0 Å². The van der Waals surface area contributed by atoms with Crippen LogP contribution in [0.1, 0.15) is 0 Å². The van der Waals surface area contributed by atoms with Gasteiger partial charge in [-0.05, 0) is 24.3 Å². The summed E-state index contributed by atoms with van der Waals surface area (Å²) in [4.78, 5) is 8.59. The monoisotopic (exact) mass is 225 g/mol. The molecule has 0 radical (unpaired) electrons. The first-order valence-corrected chi connectivity index (χ1v) is 5.23. The summed E-state index contributed by atoms with van der Waals surface area (Å²) >= 11 is 0. The second-order valence-corrected chi connectivity index (χ2v) is 3.64. The Morgan fingerprint density at radius 3 is 2.94 bits per heavy atom. The molecule has 0 fully saturated rings. The van der Waals surface area contributed by atoms with Gasteiger partial charge in [-0.1, -0.05) is 6.07 Å². The van der Waals surface area contributed by atoms with Gasteiger partial charge in [0, 0.05) is 18.6 Å². The molecule has 3 aromatic heterocycles. The third kappa shape index (κ3) is 1.62. The Bertz CT molecular complexity index is 659. The molecule has 3 aromatic rings. The van der Waals surface area contributed by atoms with Gasteiger partial charge in [-0.25, -0.2) is 4.98 Å². The average molecular weight is 225 g/mol. The maximum Gasteiger partial charge on any atom is 0.137 e. The number of aromatic nitrogens is 3. The Hall–Kier alpha value is -2.40. The topological polar surface area (TPSA) is 68.2 Å². The van der Waals surface area contributed by atoms with Crippen LogP contribution >= 0.6 is 0 Å². The lowest BCUT2D eigenvalue weighted by atomic mass is 10.2. The van der Waals surface area contributed by atoms with Crippen molar-refractivity contribution < 1.29 is 0 Å². The van der Waals surface area contributed by atoms with Crippen LogP contribution in [0.2, 0.25) is 0 Å². The third-order valence-corrected chi connectivity index (χ3v) is 2.62. The van der Waals surface area contributed by atoms with Crippen LogP contribution in [0.25, 0.3) is 17.0 Å². The van der Waals surface area contributed by atoms with Crippen molar-refractivity contribution in [3.8, 4) is 11.4 Å². The van der Waals surface area contributed by atoms with Gasteiger partial charge in [-0.15, -0.1) is 0 Å². The normalized spacial score (nSPS) is 10.6. The standard InChI is InChI=1S/C12H11N5/c13-16-9-4-5-14-10(8-9)11-2-1-3-12-15-6-7-17(11)12/h1-8H,13H2,(H,14,16). The van der Waals surface area contributed by atoms with Crippen molar-refractivity contribution in [1.29, 1.82) is 0 Å². The SMILES string of the molecule is NNc1ccnc(-c2cccc3nccn23)c1. The van der Waals surface area contributed by atoms with Gasteiger partial charge in [-0.2, -0.15) is 0 Å². The highest BCUT2D eigenvalue weighted by atomic mass is 15.2. The first kappa shape index (κ1) is 9.80. The largest absolute Gasteiger partial charge is 0.324 e. The van der Waals surface area contributed by atoms with Gasteiger partial charge >= 0.3 is 0 Å². The highest BCUT2D eigenvalue weighted by Gasteiger charge is 2.05. The Labute approximate surface area is 97.9 Å². The molecule has 3 N–H and O–H groups in total. The molecular formula is C12H11N5. The number of imidazole rings is 1. The summed E-state index contributed by atoms with van der Waals surface area (Å²) in [7, 11) is 0. The maximum atomic E-state index is 5.39. The van der Waals surface area contributed by atoms with Crippen molar-refractivity contribution in [1.82, 2.24) is 14.4 Å². The second-order valence-electron chi connectivity index (χ2n) is 3.64. The number of nitrogens with two attached hydrogens (primary N) is 1. The first-order chi connectivity index (χ1) is 8.38. The van der Waals surface area contributed by atoms with Crippen molar-refractivity contribution in [2.45, 2.75) is 0 Å². The molecule has 0 aliphatic rings. The molecule has 17 heavy (non-hydrogen) atoms. The summed E-state index contributed by atoms with van der Waals surface area (Å²) in [6.45, 7) is 0. The maximum absolute atomic E-state index is 5.39. The third-order valence-electron chi connectivity index (χ3n) is 2.62. The van der Waals surface area contributed by atoms with Crippen LogP contribution in [0.15, 0.2) is 48.9 Å². The minimum Gasteiger partial charge on any atom is -0.324 e. The summed E-state index contributed by atoms with van der Waals surface area (Å²) in [5.74, 6) is 5.39. The molecule has 0 saturated carbocycles. The number of nitrogens with one attached hydrogen (secondary N) is 1. The molecule has 0 atom stereocenters. The van der Waals surface area contributed by atoms with Crippen LogP contribution < -0.4 is 11.3 Å². The van der Waals surface area contributed by atoms with E-state index in [9.17, 15) is 0 Å². The van der Waals surface area contributed by atoms with Gasteiger partial charge in [-0.3, -0.25) is 15.2 Å². The molecule has 0 bridgehead atoms. The van der Waals surface area contributed by atoms with E-state index in [4.69, 9.17) is 5.84 Å². The van der Waals surface area contributed by atoms with Crippen molar-refractivity contribution in [3.63, 3.8) is 0 Å². The van der Waals surface area contributed by atoms with E-state index in [0.29, 0.717) is 0 Å². The van der Waals surface area contributed by atoms with Crippen LogP contribution in [0.3, 0.4) is 0 Å². The van der Waals surface area contributed by atoms with E-state index in [-0.39, 0.29) is 0 Å². The first-order valence-electron chi connectivity index (χ1n) is 5.23. The Morgan fingerprint density at radius 2 is 2.06 bits per heavy atom. The van der Waals surface area contributed by atoms with Crippen LogP contribution in [0.5, 0.6) is 0 Å². The van der Waals surface area contributed by atoms with Gasteiger partial charge in [0.25, 0.3) is 0 Å². The summed E-state index contributed by atoms with van der Waals surface area (Å²) in [5.41, 5.74) is 6.17. The fourth-order valence-electron chi connectivity index (χ4n) is 1.82. The van der Waals surface area contributed by atoms with E-state index in [2.05, 4.69) is 15.4 Å². The van der Waals surface area contributed by atoms with Gasteiger partial charge in [0.05, 0.1) is 17.1 Å². The van der Waals surface area contributed by atoms with E-state index in [1.54, 1.807) is 12.4 Å². The number of nitrogens with zero attached hydrogens (tertiary/aromatic N) is 3. The Balaban J connectivity index is 2.23. The second kappa shape index (κ2) is 3.88. The average Bonchev–Trinajstić information content (AvgIpc) is 2.87. The quantitative estimate of drug-likeness (QED) is 0.514. The molecule has 0 aliphatic carbocycles. The van der Waals surface area contributed by atoms with Gasteiger partial charge in [0.1, 0.15) is 5.65 Å². The molecule has 3 rings (SSSR count). The zero-order valence-electron chi connectivity index (χ0n) is 9.04. The number of anilines is 1. The van der Waals surface area contributed by atoms with Crippen LogP contribution in [0, 0.1) is 0 Å². The Morgan fingerprint density at radius 1 is 1.12 bits per heavy atom. The number of hydrazine groups is 1. The summed E-state index contributed by atoms with van der Waals surface area (Å²) in [6.07, 6.45) is 5.40. The van der Waals surface area contributed by atoms with Crippen LogP contribution in [-0.2, 0) is 0 Å². The van der Waals surface area contributed by atoms with Crippen molar-refractivity contribution in [2.75, 3.05) is 5.43 Å². The van der Waals surface area contributed by atoms with Gasteiger partial charge < -0.3 is 5.43 Å². The number of rotatable bonds is 2. The molecule has 0 unspecified atom stereocenters. The molecule has 0 spiro atoms. The summed E-state index contributed by atoms with van der Waals surface area (Å²) < 4.78 is 1.99. The molecule has 5 heteroatoms. The molecule has 5 nitrogen and oxygen atoms in total. The highest BCUT2D eigenvalue weighted by molar-refractivity contribution is 5.63. The summed E-state index contributed by atoms with van der Waals surface area (Å²) in [5, 5.41) is 0. The zero-order chi connectivity index (χ0) is 11.7. The molecule has 0 aromatic carbocycles. The number of fused-ring (bicyclic) bond motifs is 1. The lowest BCUT2D eigenvalue weighted by Crippen LogP contribution is -2.07. The van der Waals surface area contributed by atoms with Crippen molar-refractivity contribution in [2.24, 2.45) is 5.84 Å². The number of pyridine rings is 2. The van der Waals surface area contributed by atoms with Crippen molar-refractivity contribution >= 4 is 11.3 Å². The fourth-order valence-corrected chi connectivity index (χ4v) is 1.82. The van der Waals surface area contributed by atoms with Crippen molar-refractivity contribution in [3.05, 3.63) is 48.9 Å². The minimum atomic E-state index is 0.826. The predicted octanol–water partition coefficient (Wildman–Crippen LogP) is 1.68. The number of hydrogen-bond acceptors (Lipinski definition) is 4. The van der Waals surface area contributed by atoms with Gasteiger partial charge in [0.15, 0.2) is 0 Å². The van der Waals surface area contributed by atoms with Crippen LogP contribution in [0.4, 0.5) is 5.69 Å².